The van der Waals surface area contributed by atoms with E-state index in [0.717, 1.165) is 0 Å². The van der Waals surface area contributed by atoms with Gasteiger partial charge < -0.3 is 9.84 Å². The molecule has 0 aromatic carbocycles. The standard InChI is InChI=1S/C6H8O4S/c1-2-10-6(9)4(11)3-5(7)8/h3,11H,2H2,1H3,(H,7,8)/b4-3-. The first-order valence-electron chi connectivity index (χ1n) is 2.88. The average molecular weight is 176 g/mol. The summed E-state index contributed by atoms with van der Waals surface area (Å²) in [5, 5.41) is 8.17. The van der Waals surface area contributed by atoms with E-state index < -0.39 is 11.9 Å². The van der Waals surface area contributed by atoms with E-state index in [1.165, 1.54) is 0 Å². The summed E-state index contributed by atoms with van der Waals surface area (Å²) in [7, 11) is 0. The third-order valence-corrected chi connectivity index (χ3v) is 1.06. The number of carbonyl (C=O) groups is 2. The van der Waals surface area contributed by atoms with Crippen LogP contribution in [-0.2, 0) is 14.3 Å². The molecular weight excluding hydrogens is 168 g/mol. The summed E-state index contributed by atoms with van der Waals surface area (Å²) in [6, 6.07) is 0. The van der Waals surface area contributed by atoms with Gasteiger partial charge in [0.1, 0.15) is 0 Å². The molecule has 0 rings (SSSR count). The van der Waals surface area contributed by atoms with Crippen molar-refractivity contribution in [1.82, 2.24) is 0 Å². The zero-order chi connectivity index (χ0) is 8.85. The molecular formula is C6H8O4S. The highest BCUT2D eigenvalue weighted by molar-refractivity contribution is 7.85. The van der Waals surface area contributed by atoms with Crippen molar-refractivity contribution >= 4 is 24.6 Å². The molecule has 0 fully saturated rings. The number of carboxylic acid groups (broad SMARTS) is 1. The minimum atomic E-state index is -1.22. The first-order chi connectivity index (χ1) is 5.07. The zero-order valence-electron chi connectivity index (χ0n) is 5.90. The molecule has 0 unspecified atom stereocenters. The molecule has 0 aromatic heterocycles. The number of ether oxygens (including phenoxy) is 1. The molecule has 4 nitrogen and oxygen atoms in total. The molecule has 0 aliphatic heterocycles. The van der Waals surface area contributed by atoms with Crippen molar-refractivity contribution in [3.8, 4) is 0 Å². The summed E-state index contributed by atoms with van der Waals surface area (Å²) in [6.07, 6.45) is 0.682. The topological polar surface area (TPSA) is 63.6 Å². The van der Waals surface area contributed by atoms with Crippen LogP contribution in [0.4, 0.5) is 0 Å². The quantitative estimate of drug-likeness (QED) is 0.372. The maximum Gasteiger partial charge on any atom is 0.344 e. The normalized spacial score (nSPS) is 10.9. The zero-order valence-corrected chi connectivity index (χ0v) is 6.80. The van der Waals surface area contributed by atoms with Crippen LogP contribution in [0.1, 0.15) is 6.92 Å². The highest BCUT2D eigenvalue weighted by atomic mass is 32.1. The summed E-state index contributed by atoms with van der Waals surface area (Å²) < 4.78 is 4.46. The monoisotopic (exact) mass is 176 g/mol. The number of carboxylic acids is 1. The molecule has 0 heterocycles. The molecule has 0 aromatic rings. The van der Waals surface area contributed by atoms with Crippen molar-refractivity contribution in [1.29, 1.82) is 0 Å². The van der Waals surface area contributed by atoms with Gasteiger partial charge in [0.05, 0.1) is 11.5 Å². The second-order valence-electron chi connectivity index (χ2n) is 1.59. The molecule has 0 atom stereocenters. The molecule has 0 amide bonds. The number of hydrogen-bond donors (Lipinski definition) is 2. The van der Waals surface area contributed by atoms with Gasteiger partial charge in [-0.05, 0) is 6.92 Å². The fraction of sp³-hybridized carbons (Fsp3) is 0.333. The Hall–Kier alpha value is -0.970. The Kier molecular flexibility index (Phi) is 4.36. The number of rotatable bonds is 3. The van der Waals surface area contributed by atoms with Crippen LogP contribution < -0.4 is 0 Å². The molecule has 0 saturated carbocycles. The molecule has 0 radical (unpaired) electrons. The molecule has 0 bridgehead atoms. The smallest absolute Gasteiger partial charge is 0.344 e. The Morgan fingerprint density at radius 3 is 2.55 bits per heavy atom. The van der Waals surface area contributed by atoms with E-state index in [2.05, 4.69) is 17.4 Å². The molecule has 0 aliphatic carbocycles. The van der Waals surface area contributed by atoms with Gasteiger partial charge in [0.15, 0.2) is 0 Å². The van der Waals surface area contributed by atoms with Crippen molar-refractivity contribution in [2.24, 2.45) is 0 Å². The van der Waals surface area contributed by atoms with E-state index in [0.29, 0.717) is 6.08 Å². The van der Waals surface area contributed by atoms with Crippen molar-refractivity contribution < 1.29 is 19.4 Å². The Morgan fingerprint density at radius 1 is 1.64 bits per heavy atom. The van der Waals surface area contributed by atoms with Crippen LogP contribution in [0.3, 0.4) is 0 Å². The first kappa shape index (κ1) is 10.0. The number of thiol groups is 1. The molecule has 1 N–H and O–H groups in total. The van der Waals surface area contributed by atoms with Gasteiger partial charge in [0.25, 0.3) is 0 Å². The van der Waals surface area contributed by atoms with Crippen LogP contribution in [0.25, 0.3) is 0 Å². The van der Waals surface area contributed by atoms with Gasteiger partial charge in [0, 0.05) is 6.08 Å². The lowest BCUT2D eigenvalue weighted by Crippen LogP contribution is -2.05. The fourth-order valence-electron chi connectivity index (χ4n) is 0.381. The van der Waals surface area contributed by atoms with Gasteiger partial charge >= 0.3 is 11.9 Å². The molecule has 0 saturated heterocycles. The lowest BCUT2D eigenvalue weighted by Gasteiger charge is -1.97. The Balaban J connectivity index is 4.12. The van der Waals surface area contributed by atoms with Crippen LogP contribution in [-0.4, -0.2) is 23.7 Å². The van der Waals surface area contributed by atoms with Crippen molar-refractivity contribution in [2.75, 3.05) is 6.61 Å². The van der Waals surface area contributed by atoms with Crippen LogP contribution in [0, 0.1) is 0 Å². The summed E-state index contributed by atoms with van der Waals surface area (Å²) in [5.41, 5.74) is 0. The molecule has 11 heavy (non-hydrogen) atoms. The van der Waals surface area contributed by atoms with Gasteiger partial charge in [-0.3, -0.25) is 0 Å². The first-order valence-corrected chi connectivity index (χ1v) is 3.33. The Bertz CT molecular complexity index is 197. The number of hydrogen-bond acceptors (Lipinski definition) is 4. The van der Waals surface area contributed by atoms with Gasteiger partial charge in [-0.25, -0.2) is 9.59 Å². The molecule has 5 heteroatoms. The minimum absolute atomic E-state index is 0.205. The molecule has 62 valence electrons. The second-order valence-corrected chi connectivity index (χ2v) is 2.07. The largest absolute Gasteiger partial charge is 0.478 e. The van der Waals surface area contributed by atoms with Gasteiger partial charge in [-0.1, -0.05) is 0 Å². The van der Waals surface area contributed by atoms with E-state index in [-0.39, 0.29) is 11.5 Å². The van der Waals surface area contributed by atoms with Crippen molar-refractivity contribution in [3.05, 3.63) is 11.0 Å². The SMILES string of the molecule is CCOC(=O)/C(S)=C/C(=O)O. The second kappa shape index (κ2) is 4.79. The fourth-order valence-corrected chi connectivity index (χ4v) is 0.556. The predicted molar refractivity (Wildman–Crippen MR) is 41.3 cm³/mol. The van der Waals surface area contributed by atoms with E-state index in [1.807, 2.05) is 0 Å². The van der Waals surface area contributed by atoms with E-state index in [1.54, 1.807) is 6.92 Å². The maximum atomic E-state index is 10.6. The van der Waals surface area contributed by atoms with Crippen LogP contribution in [0.15, 0.2) is 11.0 Å². The highest BCUT2D eigenvalue weighted by Crippen LogP contribution is 2.02. The Morgan fingerprint density at radius 2 is 2.18 bits per heavy atom. The summed E-state index contributed by atoms with van der Waals surface area (Å²) in [4.78, 5) is 20.4. The van der Waals surface area contributed by atoms with Crippen molar-refractivity contribution in [3.63, 3.8) is 0 Å². The summed E-state index contributed by atoms with van der Waals surface area (Å²) in [5.74, 6) is -1.94. The number of aliphatic carboxylic acids is 1. The third kappa shape index (κ3) is 4.44. The average Bonchev–Trinajstić information content (AvgIpc) is 1.86. The van der Waals surface area contributed by atoms with Crippen LogP contribution >= 0.6 is 12.6 Å². The third-order valence-electron chi connectivity index (χ3n) is 0.745. The summed E-state index contributed by atoms with van der Waals surface area (Å²) >= 11 is 3.60. The number of carbonyl (C=O) groups excluding carboxylic acids is 1. The predicted octanol–water partition coefficient (Wildman–Crippen LogP) is 0.448. The van der Waals surface area contributed by atoms with Crippen LogP contribution in [0.5, 0.6) is 0 Å². The maximum absolute atomic E-state index is 10.6. The highest BCUT2D eigenvalue weighted by Gasteiger charge is 2.06. The van der Waals surface area contributed by atoms with Gasteiger partial charge in [-0.15, -0.1) is 12.6 Å². The number of esters is 1. The van der Waals surface area contributed by atoms with Crippen molar-refractivity contribution in [2.45, 2.75) is 6.92 Å². The van der Waals surface area contributed by atoms with Gasteiger partial charge in [0.2, 0.25) is 0 Å². The molecule has 0 aliphatic rings. The van der Waals surface area contributed by atoms with E-state index in [9.17, 15) is 9.59 Å². The van der Waals surface area contributed by atoms with Gasteiger partial charge in [-0.2, -0.15) is 0 Å². The summed E-state index contributed by atoms with van der Waals surface area (Å²) in [6.45, 7) is 1.83. The van der Waals surface area contributed by atoms with E-state index >= 15 is 0 Å². The minimum Gasteiger partial charge on any atom is -0.478 e. The van der Waals surface area contributed by atoms with E-state index in [4.69, 9.17) is 5.11 Å². The van der Waals surface area contributed by atoms with Crippen LogP contribution in [0.2, 0.25) is 0 Å². The lowest BCUT2D eigenvalue weighted by atomic mass is 10.5. The molecule has 0 spiro atoms. The Labute approximate surface area is 69.3 Å². The lowest BCUT2D eigenvalue weighted by molar-refractivity contribution is -0.138.